The topological polar surface area (TPSA) is 18.5 Å². The van der Waals surface area contributed by atoms with Crippen molar-refractivity contribution < 1.29 is 9.47 Å². The molecule has 21 heavy (non-hydrogen) atoms. The predicted molar refractivity (Wildman–Crippen MR) is 86.2 cm³/mol. The summed E-state index contributed by atoms with van der Waals surface area (Å²) in [4.78, 5) is 0. The molecule has 2 aromatic rings. The Morgan fingerprint density at radius 1 is 0.952 bits per heavy atom. The van der Waals surface area contributed by atoms with E-state index in [2.05, 4.69) is 11.8 Å². The van der Waals surface area contributed by atoms with Crippen LogP contribution in [0.2, 0.25) is 0 Å². The van der Waals surface area contributed by atoms with Crippen LogP contribution in [0.4, 0.5) is 0 Å². The van der Waals surface area contributed by atoms with Gasteiger partial charge in [-0.3, -0.25) is 0 Å². The van der Waals surface area contributed by atoms with E-state index in [-0.39, 0.29) is 0 Å². The minimum absolute atomic E-state index is 0.342. The first kappa shape index (κ1) is 15.3. The Labute approximate surface area is 130 Å². The van der Waals surface area contributed by atoms with E-state index in [1.807, 2.05) is 55.5 Å². The molecule has 0 unspecified atom stereocenters. The van der Waals surface area contributed by atoms with E-state index in [0.717, 1.165) is 22.6 Å². The van der Waals surface area contributed by atoms with Crippen LogP contribution in [-0.4, -0.2) is 19.1 Å². The summed E-state index contributed by atoms with van der Waals surface area (Å²) in [7, 11) is 0. The quantitative estimate of drug-likeness (QED) is 0.471. The van der Waals surface area contributed by atoms with Gasteiger partial charge in [0, 0.05) is 5.56 Å². The minimum atomic E-state index is 0.342. The van der Waals surface area contributed by atoms with Gasteiger partial charge in [0.2, 0.25) is 0 Å². The van der Waals surface area contributed by atoms with E-state index in [1.165, 1.54) is 0 Å². The molecule has 0 aromatic heterocycles. The number of hydrogen-bond donors (Lipinski definition) is 0. The summed E-state index contributed by atoms with van der Waals surface area (Å²) in [6.45, 7) is 3.02. The second kappa shape index (κ2) is 8.24. The zero-order chi connectivity index (χ0) is 14.9. The van der Waals surface area contributed by atoms with E-state index in [9.17, 15) is 0 Å². The monoisotopic (exact) mass is 300 g/mol. The normalized spacial score (nSPS) is 9.62. The predicted octanol–water partition coefficient (Wildman–Crippen LogP) is 4.04. The fraction of sp³-hybridized carbons (Fsp3) is 0.222. The Morgan fingerprint density at radius 2 is 1.67 bits per heavy atom. The van der Waals surface area contributed by atoms with E-state index in [0.29, 0.717) is 19.1 Å². The average Bonchev–Trinajstić information content (AvgIpc) is 2.52. The minimum Gasteiger partial charge on any atom is -0.490 e. The highest BCUT2D eigenvalue weighted by molar-refractivity contribution is 6.19. The number of aryl methyl sites for hydroxylation is 1. The molecule has 0 atom stereocenters. The lowest BCUT2D eigenvalue weighted by atomic mass is 10.1. The number of hydrogen-bond acceptors (Lipinski definition) is 2. The standard InChI is InChI=1S/C18H17ClO2/c1-15-14-18(10-9-16(15)6-5-11-19)21-13-12-20-17-7-3-2-4-8-17/h2-4,7-10,14H,11-13H2,1H3. The third kappa shape index (κ3) is 5.06. The molecule has 0 fully saturated rings. The third-order valence-corrected chi connectivity index (χ3v) is 2.99. The molecule has 2 nitrogen and oxygen atoms in total. The Balaban J connectivity index is 1.82. The van der Waals surface area contributed by atoms with Gasteiger partial charge in [0.25, 0.3) is 0 Å². The molecule has 0 radical (unpaired) electrons. The number of ether oxygens (including phenoxy) is 2. The van der Waals surface area contributed by atoms with Crippen LogP contribution in [0.15, 0.2) is 48.5 Å². The number of alkyl halides is 1. The molecule has 0 spiro atoms. The second-order valence-corrected chi connectivity index (χ2v) is 4.69. The zero-order valence-electron chi connectivity index (χ0n) is 11.9. The number of benzene rings is 2. The van der Waals surface area contributed by atoms with E-state index < -0.39 is 0 Å². The van der Waals surface area contributed by atoms with Crippen molar-refractivity contribution in [2.75, 3.05) is 19.1 Å². The number of rotatable bonds is 5. The fourth-order valence-electron chi connectivity index (χ4n) is 1.83. The summed E-state index contributed by atoms with van der Waals surface area (Å²) in [6, 6.07) is 15.5. The van der Waals surface area contributed by atoms with Crippen molar-refractivity contribution in [3.8, 4) is 23.3 Å². The molecule has 0 saturated carbocycles. The van der Waals surface area contributed by atoms with Crippen molar-refractivity contribution >= 4 is 11.6 Å². The maximum atomic E-state index is 5.67. The Hall–Kier alpha value is -2.11. The average molecular weight is 301 g/mol. The Kier molecular flexibility index (Phi) is 5.99. The van der Waals surface area contributed by atoms with Gasteiger partial charge in [-0.2, -0.15) is 0 Å². The first-order chi connectivity index (χ1) is 10.3. The van der Waals surface area contributed by atoms with E-state index >= 15 is 0 Å². The molecule has 0 aliphatic rings. The summed E-state index contributed by atoms with van der Waals surface area (Å²) < 4.78 is 11.2. The van der Waals surface area contributed by atoms with Crippen LogP contribution in [0, 0.1) is 18.8 Å². The first-order valence-electron chi connectivity index (χ1n) is 6.76. The van der Waals surface area contributed by atoms with Gasteiger partial charge in [-0.25, -0.2) is 0 Å². The van der Waals surface area contributed by atoms with Crippen LogP contribution in [0.25, 0.3) is 0 Å². The van der Waals surface area contributed by atoms with Gasteiger partial charge >= 0.3 is 0 Å². The lowest BCUT2D eigenvalue weighted by Gasteiger charge is -2.09. The maximum absolute atomic E-state index is 5.67. The van der Waals surface area contributed by atoms with Gasteiger partial charge in [0.15, 0.2) is 0 Å². The molecule has 0 aliphatic carbocycles. The first-order valence-corrected chi connectivity index (χ1v) is 7.29. The third-order valence-electron chi connectivity index (χ3n) is 2.85. The highest BCUT2D eigenvalue weighted by Crippen LogP contribution is 2.16. The molecule has 0 aliphatic heterocycles. The molecular formula is C18H17ClO2. The van der Waals surface area contributed by atoms with Crippen molar-refractivity contribution in [2.24, 2.45) is 0 Å². The van der Waals surface area contributed by atoms with E-state index in [4.69, 9.17) is 21.1 Å². The van der Waals surface area contributed by atoms with Crippen LogP contribution in [0.5, 0.6) is 11.5 Å². The number of halogens is 1. The van der Waals surface area contributed by atoms with Crippen LogP contribution in [0.3, 0.4) is 0 Å². The van der Waals surface area contributed by atoms with Gasteiger partial charge in [0.1, 0.15) is 24.7 Å². The van der Waals surface area contributed by atoms with Gasteiger partial charge < -0.3 is 9.47 Å². The maximum Gasteiger partial charge on any atom is 0.122 e. The van der Waals surface area contributed by atoms with Crippen molar-refractivity contribution in [1.29, 1.82) is 0 Å². The molecular weight excluding hydrogens is 284 g/mol. The van der Waals surface area contributed by atoms with Crippen LogP contribution < -0.4 is 9.47 Å². The van der Waals surface area contributed by atoms with Crippen molar-refractivity contribution in [3.05, 3.63) is 59.7 Å². The van der Waals surface area contributed by atoms with E-state index in [1.54, 1.807) is 0 Å². The van der Waals surface area contributed by atoms with Gasteiger partial charge in [-0.05, 0) is 42.8 Å². The Bertz CT molecular complexity index is 627. The summed E-state index contributed by atoms with van der Waals surface area (Å²) in [5, 5.41) is 0. The van der Waals surface area contributed by atoms with Gasteiger partial charge in [-0.15, -0.1) is 11.6 Å². The largest absolute Gasteiger partial charge is 0.490 e. The molecule has 3 heteroatoms. The molecule has 0 bridgehead atoms. The molecule has 0 heterocycles. The molecule has 0 saturated heterocycles. The van der Waals surface area contributed by atoms with Crippen molar-refractivity contribution in [2.45, 2.75) is 6.92 Å². The molecule has 108 valence electrons. The van der Waals surface area contributed by atoms with Crippen LogP contribution in [-0.2, 0) is 0 Å². The highest BCUT2D eigenvalue weighted by atomic mass is 35.5. The molecule has 0 N–H and O–H groups in total. The van der Waals surface area contributed by atoms with Gasteiger partial charge in [-0.1, -0.05) is 30.0 Å². The van der Waals surface area contributed by atoms with Crippen LogP contribution in [0.1, 0.15) is 11.1 Å². The SMILES string of the molecule is Cc1cc(OCCOc2ccccc2)ccc1C#CCCl. The second-order valence-electron chi connectivity index (χ2n) is 4.42. The van der Waals surface area contributed by atoms with Gasteiger partial charge in [0.05, 0.1) is 5.88 Å². The lowest BCUT2D eigenvalue weighted by molar-refractivity contribution is 0.217. The smallest absolute Gasteiger partial charge is 0.122 e. The fourth-order valence-corrected chi connectivity index (χ4v) is 1.90. The highest BCUT2D eigenvalue weighted by Gasteiger charge is 1.99. The summed E-state index contributed by atoms with van der Waals surface area (Å²) >= 11 is 5.56. The Morgan fingerprint density at radius 3 is 2.33 bits per heavy atom. The summed E-state index contributed by atoms with van der Waals surface area (Å²) in [5.41, 5.74) is 2.05. The van der Waals surface area contributed by atoms with Crippen molar-refractivity contribution in [1.82, 2.24) is 0 Å². The zero-order valence-corrected chi connectivity index (χ0v) is 12.7. The number of para-hydroxylation sites is 1. The molecule has 2 rings (SSSR count). The summed E-state index contributed by atoms with van der Waals surface area (Å²) in [6.07, 6.45) is 0. The molecule has 0 amide bonds. The van der Waals surface area contributed by atoms with Crippen LogP contribution >= 0.6 is 11.6 Å². The lowest BCUT2D eigenvalue weighted by Crippen LogP contribution is -2.09. The van der Waals surface area contributed by atoms with Crippen molar-refractivity contribution in [3.63, 3.8) is 0 Å². The summed E-state index contributed by atoms with van der Waals surface area (Å²) in [5.74, 6) is 7.88. The molecule has 2 aromatic carbocycles.